The van der Waals surface area contributed by atoms with Gasteiger partial charge in [0.05, 0.1) is 0 Å². The summed E-state index contributed by atoms with van der Waals surface area (Å²) < 4.78 is 0.663. The molecule has 0 radical (unpaired) electrons. The van der Waals surface area contributed by atoms with Gasteiger partial charge in [0, 0.05) is 0 Å². The van der Waals surface area contributed by atoms with E-state index in [1.807, 2.05) is 0 Å². The van der Waals surface area contributed by atoms with Gasteiger partial charge in [-0.3, -0.25) is 0 Å². The van der Waals surface area contributed by atoms with Crippen LogP contribution in [0.1, 0.15) is 80.3 Å². The molecule has 2 aliphatic carbocycles. The van der Waals surface area contributed by atoms with E-state index in [1.54, 1.807) is 16.7 Å². The van der Waals surface area contributed by atoms with Gasteiger partial charge in [-0.05, 0) is 0 Å². The van der Waals surface area contributed by atoms with Gasteiger partial charge in [0.15, 0.2) is 0 Å². The van der Waals surface area contributed by atoms with Crippen LogP contribution in [0.5, 0.6) is 0 Å². The molecule has 0 saturated heterocycles. The summed E-state index contributed by atoms with van der Waals surface area (Å²) >= 11 is 5.87. The third-order valence-electron chi connectivity index (χ3n) is 7.30. The van der Waals surface area contributed by atoms with Crippen LogP contribution in [-0.2, 0) is 15.6 Å². The second-order valence-corrected chi connectivity index (χ2v) is 36.7. The third kappa shape index (κ3) is 3.05. The van der Waals surface area contributed by atoms with Crippen LogP contribution in [0.25, 0.3) is 6.08 Å². The SMILES string of the molecule is CCCC1=C(C)C(C)=C(C)[C]1(C)[Zr]([Br])([Br])[CH]1C(C)=Cc2c(C)ccc(C)c21. The fraction of sp³-hybridized carbons (Fsp3) is 0.500. The van der Waals surface area contributed by atoms with Crippen molar-refractivity contribution in [3.05, 3.63) is 62.3 Å². The van der Waals surface area contributed by atoms with E-state index in [-0.39, 0.29) is 3.12 Å². The molecule has 0 nitrogen and oxygen atoms in total. The number of allylic oxidation sites excluding steroid dienone is 5. The molecule has 2 aliphatic rings. The fourth-order valence-electron chi connectivity index (χ4n) is 5.35. The summed E-state index contributed by atoms with van der Waals surface area (Å²) in [4.78, 5) is 0. The Hall–Kier alpha value is 0.283. The van der Waals surface area contributed by atoms with Crippen molar-refractivity contribution in [1.29, 1.82) is 0 Å². The Morgan fingerprint density at radius 1 is 0.963 bits per heavy atom. The summed E-state index contributed by atoms with van der Waals surface area (Å²) in [5, 5.41) is 0. The van der Waals surface area contributed by atoms with Crippen molar-refractivity contribution in [2.75, 3.05) is 0 Å². The Morgan fingerprint density at radius 3 is 2.15 bits per heavy atom. The standard InChI is InChI=1S/C12H13.C12H19.2BrH.Zr/c1-8-6-11-9(2)4-5-10(3)12(11)7-8;1-6-7-12-10(4)8(2)9(3)11(12)5;;;/h4-7H,1-3H3;6-7H2,1-5H3;2*1H;/q;;;;+2/p-2. The van der Waals surface area contributed by atoms with Gasteiger partial charge in [-0.2, -0.15) is 0 Å². The Balaban J connectivity index is 2.25. The van der Waals surface area contributed by atoms with Crippen molar-refractivity contribution in [2.24, 2.45) is 0 Å². The van der Waals surface area contributed by atoms with Gasteiger partial charge < -0.3 is 0 Å². The van der Waals surface area contributed by atoms with Crippen LogP contribution in [0.2, 0.25) is 3.12 Å². The number of hydrogen-bond acceptors (Lipinski definition) is 0. The molecule has 27 heavy (non-hydrogen) atoms. The zero-order valence-electron chi connectivity index (χ0n) is 18.0. The second kappa shape index (κ2) is 7.51. The van der Waals surface area contributed by atoms with Gasteiger partial charge in [0.25, 0.3) is 0 Å². The first-order valence-electron chi connectivity index (χ1n) is 10.0. The van der Waals surface area contributed by atoms with Crippen LogP contribution >= 0.6 is 24.4 Å². The van der Waals surface area contributed by atoms with E-state index in [0.717, 1.165) is 0 Å². The van der Waals surface area contributed by atoms with E-state index in [9.17, 15) is 0 Å². The van der Waals surface area contributed by atoms with Gasteiger partial charge >= 0.3 is 183 Å². The average molecular weight is 572 g/mol. The second-order valence-electron chi connectivity index (χ2n) is 8.70. The maximum atomic E-state index is 4.48. The van der Waals surface area contributed by atoms with E-state index >= 15 is 0 Å². The normalized spacial score (nSPS) is 25.4. The van der Waals surface area contributed by atoms with Crippen molar-refractivity contribution in [3.63, 3.8) is 0 Å². The molecule has 0 saturated carbocycles. The van der Waals surface area contributed by atoms with Crippen molar-refractivity contribution in [2.45, 2.75) is 75.0 Å². The van der Waals surface area contributed by atoms with Crippen LogP contribution in [-0.4, -0.2) is 0 Å². The average Bonchev–Trinajstić information content (AvgIpc) is 3.05. The third-order valence-corrected chi connectivity index (χ3v) is 30.7. The maximum absolute atomic E-state index is 4.48. The predicted molar refractivity (Wildman–Crippen MR) is 125 cm³/mol. The summed E-state index contributed by atoms with van der Waals surface area (Å²) in [6, 6.07) is 4.59. The molecule has 3 heteroatoms. The molecule has 1 aromatic rings. The van der Waals surface area contributed by atoms with Crippen LogP contribution < -0.4 is 0 Å². The zero-order valence-corrected chi connectivity index (χ0v) is 23.6. The first-order chi connectivity index (χ1) is 12.5. The van der Waals surface area contributed by atoms with Crippen LogP contribution in [0.3, 0.4) is 0 Å². The molecular formula is C24H32Br2Zr. The molecule has 2 atom stereocenters. The number of hydrogen-bond donors (Lipinski definition) is 0. The molecule has 0 heterocycles. The first-order valence-corrected chi connectivity index (χ1v) is 23.9. The number of rotatable bonds is 4. The minimum atomic E-state index is -3.10. The minimum absolute atomic E-state index is 0.149. The molecule has 0 aliphatic heterocycles. The number of halogens is 2. The fourth-order valence-corrected chi connectivity index (χ4v) is 27.0. The van der Waals surface area contributed by atoms with Crippen molar-refractivity contribution >= 4 is 30.5 Å². The van der Waals surface area contributed by atoms with Crippen LogP contribution in [0.4, 0.5) is 0 Å². The molecule has 146 valence electrons. The summed E-state index contributed by atoms with van der Waals surface area (Å²) in [5.41, 5.74) is 13.7. The van der Waals surface area contributed by atoms with E-state index in [0.29, 0.717) is 3.63 Å². The molecule has 0 bridgehead atoms. The van der Waals surface area contributed by atoms with Crippen molar-refractivity contribution in [3.8, 4) is 0 Å². The van der Waals surface area contributed by atoms with Gasteiger partial charge in [-0.1, -0.05) is 0 Å². The Labute approximate surface area is 181 Å². The number of aryl methyl sites for hydroxylation is 2. The summed E-state index contributed by atoms with van der Waals surface area (Å²) in [6.45, 7) is 18.8. The Morgan fingerprint density at radius 2 is 1.56 bits per heavy atom. The van der Waals surface area contributed by atoms with Crippen molar-refractivity contribution in [1.82, 2.24) is 0 Å². The number of benzene rings is 1. The van der Waals surface area contributed by atoms with Crippen molar-refractivity contribution < 1.29 is 15.6 Å². The molecule has 0 spiro atoms. The van der Waals surface area contributed by atoms with E-state index < -0.39 is 15.6 Å². The molecular weight excluding hydrogens is 539 g/mol. The van der Waals surface area contributed by atoms with E-state index in [2.05, 4.69) is 98.0 Å². The van der Waals surface area contributed by atoms with E-state index in [4.69, 9.17) is 0 Å². The van der Waals surface area contributed by atoms with Crippen LogP contribution in [0.15, 0.2) is 40.0 Å². The first kappa shape index (κ1) is 22.0. The summed E-state index contributed by atoms with van der Waals surface area (Å²) in [7, 11) is 0. The molecule has 2 unspecified atom stereocenters. The molecule has 0 fully saturated rings. The van der Waals surface area contributed by atoms with E-state index in [1.165, 1.54) is 46.3 Å². The summed E-state index contributed by atoms with van der Waals surface area (Å²) in [6.07, 6.45) is 4.86. The van der Waals surface area contributed by atoms with Gasteiger partial charge in [-0.25, -0.2) is 0 Å². The van der Waals surface area contributed by atoms with Gasteiger partial charge in [0.2, 0.25) is 0 Å². The molecule has 0 amide bonds. The summed E-state index contributed by atoms with van der Waals surface area (Å²) in [5.74, 6) is 0. The Kier molecular flexibility index (Phi) is 6.12. The monoisotopic (exact) mass is 568 g/mol. The van der Waals surface area contributed by atoms with Crippen LogP contribution in [0, 0.1) is 13.8 Å². The molecule has 3 rings (SSSR count). The zero-order chi connectivity index (χ0) is 20.3. The number of fused-ring (bicyclic) bond motifs is 1. The molecule has 0 aromatic heterocycles. The molecule has 1 aromatic carbocycles. The predicted octanol–water partition coefficient (Wildman–Crippen LogP) is 9.18. The molecule has 0 N–H and O–H groups in total. The van der Waals surface area contributed by atoms with Gasteiger partial charge in [-0.15, -0.1) is 0 Å². The topological polar surface area (TPSA) is 0 Å². The Bertz CT molecular complexity index is 901. The van der Waals surface area contributed by atoms with Gasteiger partial charge in [0.1, 0.15) is 0 Å². The quantitative estimate of drug-likeness (QED) is 0.338.